The second kappa shape index (κ2) is 5.40. The van der Waals surface area contributed by atoms with Crippen molar-refractivity contribution < 1.29 is 9.21 Å². The molecule has 0 spiro atoms. The average molecular weight is 299 g/mol. The summed E-state index contributed by atoms with van der Waals surface area (Å²) in [5.74, 6) is 2.05. The highest BCUT2D eigenvalue weighted by atomic mass is 16.3. The zero-order valence-corrected chi connectivity index (χ0v) is 12.1. The topological polar surface area (TPSA) is 84.2 Å². The third-order valence-corrected chi connectivity index (χ3v) is 4.68. The zero-order chi connectivity index (χ0) is 14.9. The number of fused-ring (bicyclic) bond motifs is 1. The summed E-state index contributed by atoms with van der Waals surface area (Å²) in [5, 5.41) is 3.46. The fraction of sp³-hybridized carbons (Fsp3) is 0.467. The van der Waals surface area contributed by atoms with E-state index in [9.17, 15) is 4.79 Å². The first kappa shape index (κ1) is 13.2. The van der Waals surface area contributed by atoms with Crippen molar-refractivity contribution >= 4 is 11.7 Å². The van der Waals surface area contributed by atoms with Crippen LogP contribution in [0.15, 0.2) is 35.6 Å². The van der Waals surface area contributed by atoms with Gasteiger partial charge in [0.1, 0.15) is 5.82 Å². The fourth-order valence-electron chi connectivity index (χ4n) is 3.65. The van der Waals surface area contributed by atoms with E-state index < -0.39 is 0 Å². The highest BCUT2D eigenvalue weighted by molar-refractivity contribution is 5.91. The van der Waals surface area contributed by atoms with Crippen LogP contribution in [0.3, 0.4) is 0 Å². The third-order valence-electron chi connectivity index (χ3n) is 4.68. The van der Waals surface area contributed by atoms with Crippen molar-refractivity contribution in [2.75, 3.05) is 18.4 Å². The molecule has 0 radical (unpaired) electrons. The molecule has 4 rings (SSSR count). The number of carbonyl (C=O) groups is 1. The molecule has 7 heteroatoms. The number of nitrogens with one attached hydrogen (secondary N) is 1. The van der Waals surface area contributed by atoms with E-state index in [2.05, 4.69) is 20.3 Å². The van der Waals surface area contributed by atoms with Crippen molar-refractivity contribution in [2.45, 2.75) is 18.9 Å². The minimum absolute atomic E-state index is 0.0647. The number of amides is 1. The molecule has 1 aliphatic carbocycles. The summed E-state index contributed by atoms with van der Waals surface area (Å²) < 4.78 is 5.12. The summed E-state index contributed by atoms with van der Waals surface area (Å²) in [6.45, 7) is 1.55. The average Bonchev–Trinajstić information content (AvgIpc) is 3.26. The summed E-state index contributed by atoms with van der Waals surface area (Å²) >= 11 is 0. The van der Waals surface area contributed by atoms with Gasteiger partial charge in [0.15, 0.2) is 6.39 Å². The summed E-state index contributed by atoms with van der Waals surface area (Å²) in [4.78, 5) is 26.4. The quantitative estimate of drug-likeness (QED) is 0.923. The number of hydrogen-bond donors (Lipinski definition) is 1. The molecule has 2 aromatic rings. The minimum atomic E-state index is -0.0647. The van der Waals surface area contributed by atoms with Gasteiger partial charge < -0.3 is 14.6 Å². The molecule has 1 saturated heterocycles. The van der Waals surface area contributed by atoms with Crippen LogP contribution in [0.4, 0.5) is 5.82 Å². The SMILES string of the molecule is O=C(c1cnco1)N1C[C@H]2CC[C@@H](Nc3cnccn3)[C@H]2C1. The molecule has 2 fully saturated rings. The predicted octanol–water partition coefficient (Wildman–Crippen LogP) is 1.43. The minimum Gasteiger partial charge on any atom is -0.438 e. The fourth-order valence-corrected chi connectivity index (χ4v) is 3.65. The van der Waals surface area contributed by atoms with Gasteiger partial charge in [0, 0.05) is 37.4 Å². The van der Waals surface area contributed by atoms with Crippen molar-refractivity contribution in [2.24, 2.45) is 11.8 Å². The number of hydrogen-bond acceptors (Lipinski definition) is 6. The van der Waals surface area contributed by atoms with Crippen LogP contribution in [0.5, 0.6) is 0 Å². The second-order valence-corrected chi connectivity index (χ2v) is 5.92. The summed E-state index contributed by atoms with van der Waals surface area (Å²) in [6.07, 6.45) is 10.1. The van der Waals surface area contributed by atoms with Gasteiger partial charge >= 0.3 is 0 Å². The third kappa shape index (κ3) is 2.32. The maximum atomic E-state index is 12.4. The monoisotopic (exact) mass is 299 g/mol. The van der Waals surface area contributed by atoms with Gasteiger partial charge in [-0.3, -0.25) is 9.78 Å². The van der Waals surface area contributed by atoms with Gasteiger partial charge in [0.05, 0.1) is 12.4 Å². The molecule has 0 unspecified atom stereocenters. The van der Waals surface area contributed by atoms with E-state index in [4.69, 9.17) is 4.42 Å². The summed E-state index contributed by atoms with van der Waals surface area (Å²) in [6, 6.07) is 0.342. The Bertz CT molecular complexity index is 645. The van der Waals surface area contributed by atoms with E-state index in [1.54, 1.807) is 18.6 Å². The maximum absolute atomic E-state index is 12.4. The number of rotatable bonds is 3. The van der Waals surface area contributed by atoms with Crippen LogP contribution in [-0.2, 0) is 0 Å². The van der Waals surface area contributed by atoms with Crippen molar-refractivity contribution in [1.29, 1.82) is 0 Å². The van der Waals surface area contributed by atoms with Crippen LogP contribution in [-0.4, -0.2) is 44.9 Å². The molecule has 2 aromatic heterocycles. The molecule has 0 bridgehead atoms. The van der Waals surface area contributed by atoms with Crippen LogP contribution < -0.4 is 5.32 Å². The van der Waals surface area contributed by atoms with Gasteiger partial charge in [-0.15, -0.1) is 0 Å². The van der Waals surface area contributed by atoms with E-state index in [1.165, 1.54) is 12.6 Å². The first-order valence-electron chi connectivity index (χ1n) is 7.51. The van der Waals surface area contributed by atoms with E-state index in [0.29, 0.717) is 23.6 Å². The molecule has 1 amide bonds. The highest BCUT2D eigenvalue weighted by Gasteiger charge is 2.44. The van der Waals surface area contributed by atoms with Crippen LogP contribution in [0.2, 0.25) is 0 Å². The molecule has 3 heterocycles. The molecule has 1 N–H and O–H groups in total. The standard InChI is InChI=1S/C15H17N5O2/c21-15(13-5-17-9-22-13)20-7-10-1-2-12(11(10)8-20)19-14-6-16-3-4-18-14/h3-6,9-12H,1-2,7-8H2,(H,18,19)/t10-,11+,12-/m1/s1. The Balaban J connectivity index is 1.44. The molecule has 3 atom stereocenters. The van der Waals surface area contributed by atoms with Gasteiger partial charge in [-0.2, -0.15) is 0 Å². The lowest BCUT2D eigenvalue weighted by molar-refractivity contribution is 0.0748. The number of anilines is 1. The number of oxazole rings is 1. The van der Waals surface area contributed by atoms with Gasteiger partial charge in [-0.25, -0.2) is 9.97 Å². The van der Waals surface area contributed by atoms with E-state index in [1.807, 2.05) is 4.90 Å². The normalized spacial score (nSPS) is 26.9. The Kier molecular flexibility index (Phi) is 3.25. The Labute approximate surface area is 127 Å². The smallest absolute Gasteiger partial charge is 0.291 e. The van der Waals surface area contributed by atoms with Crippen LogP contribution >= 0.6 is 0 Å². The maximum Gasteiger partial charge on any atom is 0.291 e. The van der Waals surface area contributed by atoms with Crippen molar-refractivity contribution in [3.05, 3.63) is 36.9 Å². The molecule has 1 aliphatic heterocycles. The highest BCUT2D eigenvalue weighted by Crippen LogP contribution is 2.39. The number of carbonyl (C=O) groups excluding carboxylic acids is 1. The molecule has 114 valence electrons. The lowest BCUT2D eigenvalue weighted by Crippen LogP contribution is -2.33. The molecular formula is C15H17N5O2. The van der Waals surface area contributed by atoms with Gasteiger partial charge in [0.25, 0.3) is 5.91 Å². The van der Waals surface area contributed by atoms with E-state index >= 15 is 0 Å². The Morgan fingerprint density at radius 1 is 1.23 bits per heavy atom. The number of likely N-dealkylation sites (tertiary alicyclic amines) is 1. The molecule has 1 saturated carbocycles. The number of aromatic nitrogens is 3. The molecule has 2 aliphatic rings. The molecule has 7 nitrogen and oxygen atoms in total. The van der Waals surface area contributed by atoms with E-state index in [0.717, 1.165) is 31.7 Å². The molecule has 0 aromatic carbocycles. The predicted molar refractivity (Wildman–Crippen MR) is 78.1 cm³/mol. The van der Waals surface area contributed by atoms with Gasteiger partial charge in [-0.1, -0.05) is 0 Å². The van der Waals surface area contributed by atoms with Gasteiger partial charge in [-0.05, 0) is 18.8 Å². The Hall–Kier alpha value is -2.44. The first-order chi connectivity index (χ1) is 10.8. The largest absolute Gasteiger partial charge is 0.438 e. The molecule has 22 heavy (non-hydrogen) atoms. The zero-order valence-electron chi connectivity index (χ0n) is 12.1. The lowest BCUT2D eigenvalue weighted by Gasteiger charge is -2.21. The Morgan fingerprint density at radius 2 is 2.18 bits per heavy atom. The molecular weight excluding hydrogens is 282 g/mol. The van der Waals surface area contributed by atoms with Crippen LogP contribution in [0, 0.1) is 11.8 Å². The van der Waals surface area contributed by atoms with Crippen molar-refractivity contribution in [3.63, 3.8) is 0 Å². The van der Waals surface area contributed by atoms with Crippen molar-refractivity contribution in [3.8, 4) is 0 Å². The lowest BCUT2D eigenvalue weighted by atomic mass is 9.98. The first-order valence-corrected chi connectivity index (χ1v) is 7.51. The summed E-state index contributed by atoms with van der Waals surface area (Å²) in [5.41, 5.74) is 0. The number of nitrogens with zero attached hydrogens (tertiary/aromatic N) is 4. The van der Waals surface area contributed by atoms with Gasteiger partial charge in [0.2, 0.25) is 5.76 Å². The van der Waals surface area contributed by atoms with E-state index in [-0.39, 0.29) is 5.91 Å². The Morgan fingerprint density at radius 3 is 2.95 bits per heavy atom. The summed E-state index contributed by atoms with van der Waals surface area (Å²) in [7, 11) is 0. The van der Waals surface area contributed by atoms with Crippen molar-refractivity contribution in [1.82, 2.24) is 19.9 Å². The van der Waals surface area contributed by atoms with Crippen LogP contribution in [0.25, 0.3) is 0 Å². The second-order valence-electron chi connectivity index (χ2n) is 5.92. The van der Waals surface area contributed by atoms with Crippen LogP contribution in [0.1, 0.15) is 23.4 Å².